The van der Waals surface area contributed by atoms with Crippen LogP contribution in [-0.4, -0.2) is 17.9 Å². The molecule has 1 aromatic rings. The van der Waals surface area contributed by atoms with Gasteiger partial charge in [0.25, 0.3) is 0 Å². The maximum Gasteiger partial charge on any atom is 0.123 e. The van der Waals surface area contributed by atoms with E-state index >= 15 is 0 Å². The summed E-state index contributed by atoms with van der Waals surface area (Å²) in [6.07, 6.45) is 4.33. The lowest BCUT2D eigenvalue weighted by atomic mass is 9.81. The standard InChI is InChI=1S/C15H20Cl2O/c1-2-7-15(10-16,11-17)9-13-8-12-5-3-4-6-14(12)18-13/h3-6,13H,2,7-11H2,1H3. The molecular formula is C15H20Cl2O. The number of halogens is 2. The van der Waals surface area contributed by atoms with Crippen molar-refractivity contribution < 1.29 is 4.74 Å². The summed E-state index contributed by atoms with van der Waals surface area (Å²) in [7, 11) is 0. The molecule has 1 aromatic carbocycles. The predicted molar refractivity (Wildman–Crippen MR) is 78.0 cm³/mol. The summed E-state index contributed by atoms with van der Waals surface area (Å²) in [4.78, 5) is 0. The molecule has 0 aliphatic carbocycles. The Balaban J connectivity index is 2.03. The van der Waals surface area contributed by atoms with Gasteiger partial charge in [-0.2, -0.15) is 0 Å². The molecule has 0 bridgehead atoms. The number of ether oxygens (including phenoxy) is 1. The Morgan fingerprint density at radius 3 is 2.61 bits per heavy atom. The molecule has 1 aliphatic rings. The molecule has 0 saturated carbocycles. The first-order chi connectivity index (χ1) is 8.73. The van der Waals surface area contributed by atoms with Gasteiger partial charge in [0.2, 0.25) is 0 Å². The van der Waals surface area contributed by atoms with Crippen molar-refractivity contribution >= 4 is 23.2 Å². The Kier molecular flexibility index (Phi) is 4.80. The highest BCUT2D eigenvalue weighted by molar-refractivity contribution is 6.21. The molecule has 0 spiro atoms. The minimum atomic E-state index is 0.0184. The fourth-order valence-corrected chi connectivity index (χ4v) is 3.53. The van der Waals surface area contributed by atoms with Crippen LogP contribution in [0, 0.1) is 5.41 Å². The second-order valence-corrected chi connectivity index (χ2v) is 5.81. The fraction of sp³-hybridized carbons (Fsp3) is 0.600. The molecular weight excluding hydrogens is 267 g/mol. The quantitative estimate of drug-likeness (QED) is 0.692. The van der Waals surface area contributed by atoms with E-state index < -0.39 is 0 Å². The van der Waals surface area contributed by atoms with Crippen LogP contribution in [0.1, 0.15) is 31.7 Å². The summed E-state index contributed by atoms with van der Waals surface area (Å²) in [5, 5.41) is 0. The zero-order valence-electron chi connectivity index (χ0n) is 10.8. The second-order valence-electron chi connectivity index (χ2n) is 5.27. The van der Waals surface area contributed by atoms with E-state index in [1.54, 1.807) is 0 Å². The molecule has 18 heavy (non-hydrogen) atoms. The lowest BCUT2D eigenvalue weighted by Gasteiger charge is -2.31. The number of hydrogen-bond acceptors (Lipinski definition) is 1. The van der Waals surface area contributed by atoms with Crippen molar-refractivity contribution in [3.8, 4) is 5.75 Å². The smallest absolute Gasteiger partial charge is 0.123 e. The van der Waals surface area contributed by atoms with Crippen LogP contribution in [0.25, 0.3) is 0 Å². The van der Waals surface area contributed by atoms with E-state index in [4.69, 9.17) is 27.9 Å². The summed E-state index contributed by atoms with van der Waals surface area (Å²) in [5.41, 5.74) is 1.32. The van der Waals surface area contributed by atoms with E-state index in [9.17, 15) is 0 Å². The van der Waals surface area contributed by atoms with Crippen molar-refractivity contribution in [2.75, 3.05) is 11.8 Å². The van der Waals surface area contributed by atoms with Gasteiger partial charge in [0.1, 0.15) is 11.9 Å². The van der Waals surface area contributed by atoms with Gasteiger partial charge in [-0.1, -0.05) is 31.5 Å². The maximum atomic E-state index is 6.15. The number of benzene rings is 1. The van der Waals surface area contributed by atoms with Crippen LogP contribution in [0.3, 0.4) is 0 Å². The van der Waals surface area contributed by atoms with Crippen LogP contribution in [0.5, 0.6) is 5.75 Å². The Hall–Kier alpha value is -0.400. The molecule has 2 rings (SSSR count). The molecule has 1 aliphatic heterocycles. The van der Waals surface area contributed by atoms with Gasteiger partial charge >= 0.3 is 0 Å². The summed E-state index contributed by atoms with van der Waals surface area (Å²) >= 11 is 12.3. The van der Waals surface area contributed by atoms with E-state index in [2.05, 4.69) is 19.1 Å². The average Bonchev–Trinajstić information content (AvgIpc) is 2.80. The molecule has 1 nitrogen and oxygen atoms in total. The van der Waals surface area contributed by atoms with E-state index in [0.29, 0.717) is 11.8 Å². The van der Waals surface area contributed by atoms with Crippen LogP contribution in [0.15, 0.2) is 24.3 Å². The minimum absolute atomic E-state index is 0.0184. The molecule has 1 unspecified atom stereocenters. The normalized spacial score (nSPS) is 18.5. The first-order valence-electron chi connectivity index (χ1n) is 6.59. The monoisotopic (exact) mass is 286 g/mol. The number of alkyl halides is 2. The number of rotatable bonds is 6. The van der Waals surface area contributed by atoms with Crippen LogP contribution < -0.4 is 4.74 Å². The van der Waals surface area contributed by atoms with Crippen molar-refractivity contribution in [1.82, 2.24) is 0 Å². The van der Waals surface area contributed by atoms with Crippen LogP contribution >= 0.6 is 23.2 Å². The molecule has 1 heterocycles. The zero-order valence-corrected chi connectivity index (χ0v) is 12.3. The van der Waals surface area contributed by atoms with E-state index in [-0.39, 0.29) is 11.5 Å². The van der Waals surface area contributed by atoms with Crippen molar-refractivity contribution in [3.63, 3.8) is 0 Å². The summed E-state index contributed by atoms with van der Waals surface area (Å²) in [5.74, 6) is 2.25. The Morgan fingerprint density at radius 1 is 1.28 bits per heavy atom. The summed E-state index contributed by atoms with van der Waals surface area (Å²) < 4.78 is 6.00. The van der Waals surface area contributed by atoms with Gasteiger partial charge in [0.05, 0.1) is 0 Å². The van der Waals surface area contributed by atoms with Crippen molar-refractivity contribution in [2.45, 2.75) is 38.7 Å². The molecule has 100 valence electrons. The van der Waals surface area contributed by atoms with Crippen molar-refractivity contribution in [2.24, 2.45) is 5.41 Å². The highest BCUT2D eigenvalue weighted by Crippen LogP contribution is 2.38. The SMILES string of the molecule is CCCC(CCl)(CCl)CC1Cc2ccccc2O1. The van der Waals surface area contributed by atoms with E-state index in [1.165, 1.54) is 5.56 Å². The van der Waals surface area contributed by atoms with Gasteiger partial charge in [0, 0.05) is 23.6 Å². The van der Waals surface area contributed by atoms with Crippen molar-refractivity contribution in [1.29, 1.82) is 0 Å². The molecule has 0 radical (unpaired) electrons. The highest BCUT2D eigenvalue weighted by Gasteiger charge is 2.34. The van der Waals surface area contributed by atoms with Crippen LogP contribution in [0.2, 0.25) is 0 Å². The Morgan fingerprint density at radius 2 is 2.00 bits per heavy atom. The third-order valence-corrected chi connectivity index (χ3v) is 4.86. The average molecular weight is 287 g/mol. The minimum Gasteiger partial charge on any atom is -0.490 e. The summed E-state index contributed by atoms with van der Waals surface area (Å²) in [6.45, 7) is 2.18. The van der Waals surface area contributed by atoms with Crippen LogP contribution in [0.4, 0.5) is 0 Å². The van der Waals surface area contributed by atoms with Crippen LogP contribution in [-0.2, 0) is 6.42 Å². The maximum absolute atomic E-state index is 6.15. The predicted octanol–water partition coefficient (Wildman–Crippen LogP) is 4.64. The third-order valence-electron chi connectivity index (χ3n) is 3.72. The van der Waals surface area contributed by atoms with E-state index in [1.807, 2.05) is 12.1 Å². The Labute approximate surface area is 119 Å². The van der Waals surface area contributed by atoms with Gasteiger partial charge in [-0.25, -0.2) is 0 Å². The van der Waals surface area contributed by atoms with Crippen molar-refractivity contribution in [3.05, 3.63) is 29.8 Å². The van der Waals surface area contributed by atoms with Gasteiger partial charge in [-0.05, 0) is 24.5 Å². The highest BCUT2D eigenvalue weighted by atomic mass is 35.5. The third kappa shape index (κ3) is 2.95. The molecule has 0 N–H and O–H groups in total. The lowest BCUT2D eigenvalue weighted by molar-refractivity contribution is 0.153. The zero-order chi connectivity index (χ0) is 13.0. The molecule has 1 atom stereocenters. The number of para-hydroxylation sites is 1. The first kappa shape index (κ1) is 14.0. The van der Waals surface area contributed by atoms with Gasteiger partial charge in [-0.15, -0.1) is 23.2 Å². The van der Waals surface area contributed by atoms with Gasteiger partial charge < -0.3 is 4.74 Å². The molecule has 0 saturated heterocycles. The summed E-state index contributed by atoms with van der Waals surface area (Å²) in [6, 6.07) is 8.26. The number of fused-ring (bicyclic) bond motifs is 1. The Bertz CT molecular complexity index is 363. The lowest BCUT2D eigenvalue weighted by Crippen LogP contribution is -2.32. The molecule has 3 heteroatoms. The second kappa shape index (κ2) is 6.16. The first-order valence-corrected chi connectivity index (χ1v) is 7.66. The molecule has 0 amide bonds. The number of hydrogen-bond donors (Lipinski definition) is 0. The van der Waals surface area contributed by atoms with E-state index in [0.717, 1.165) is 31.4 Å². The molecule has 0 aromatic heterocycles. The van der Waals surface area contributed by atoms with Gasteiger partial charge in [-0.3, -0.25) is 0 Å². The van der Waals surface area contributed by atoms with Gasteiger partial charge in [0.15, 0.2) is 0 Å². The largest absolute Gasteiger partial charge is 0.490 e. The fourth-order valence-electron chi connectivity index (χ4n) is 2.76. The topological polar surface area (TPSA) is 9.23 Å². The molecule has 0 fully saturated rings.